The second-order valence-corrected chi connectivity index (χ2v) is 3.57. The summed E-state index contributed by atoms with van der Waals surface area (Å²) < 4.78 is 0. The maximum absolute atomic E-state index is 8.62. The highest BCUT2D eigenvalue weighted by molar-refractivity contribution is 6.36. The molecule has 4 heteroatoms. The number of benzene rings is 1. The van der Waals surface area contributed by atoms with Crippen LogP contribution in [0.15, 0.2) is 12.1 Å². The number of nitrogens with zero attached hydrogens (tertiary/aromatic N) is 1. The molecule has 1 aromatic carbocycles. The molecule has 0 aliphatic rings. The SMILES string of the molecule is CC(N)c1c(Cl)cc(C#N)cc1Cl. The van der Waals surface area contributed by atoms with Crippen LogP contribution >= 0.6 is 23.2 Å². The summed E-state index contributed by atoms with van der Waals surface area (Å²) in [5.41, 5.74) is 6.78. The van der Waals surface area contributed by atoms with Gasteiger partial charge in [0.25, 0.3) is 0 Å². The molecule has 0 bridgehead atoms. The number of nitrogens with two attached hydrogens (primary N) is 1. The van der Waals surface area contributed by atoms with Crippen molar-refractivity contribution in [2.75, 3.05) is 0 Å². The Morgan fingerprint density at radius 3 is 2.15 bits per heavy atom. The monoisotopic (exact) mass is 214 g/mol. The molecule has 0 aromatic heterocycles. The van der Waals surface area contributed by atoms with Crippen LogP contribution in [-0.2, 0) is 0 Å². The van der Waals surface area contributed by atoms with Crippen molar-refractivity contribution >= 4 is 23.2 Å². The number of nitriles is 1. The van der Waals surface area contributed by atoms with Crippen molar-refractivity contribution < 1.29 is 0 Å². The van der Waals surface area contributed by atoms with Gasteiger partial charge < -0.3 is 5.73 Å². The lowest BCUT2D eigenvalue weighted by molar-refractivity contribution is 0.818. The first kappa shape index (κ1) is 10.3. The third-order valence-corrected chi connectivity index (χ3v) is 2.29. The molecule has 0 spiro atoms. The summed E-state index contributed by atoms with van der Waals surface area (Å²) in [6, 6.07) is 4.86. The lowest BCUT2D eigenvalue weighted by atomic mass is 10.1. The minimum atomic E-state index is -0.229. The molecular formula is C9H8Cl2N2. The number of halogens is 2. The van der Waals surface area contributed by atoms with Gasteiger partial charge in [-0.1, -0.05) is 23.2 Å². The van der Waals surface area contributed by atoms with Gasteiger partial charge in [-0.25, -0.2) is 0 Å². The van der Waals surface area contributed by atoms with Crippen molar-refractivity contribution in [1.29, 1.82) is 5.26 Å². The first-order chi connectivity index (χ1) is 6.06. The maximum Gasteiger partial charge on any atom is 0.0992 e. The van der Waals surface area contributed by atoms with Crippen molar-refractivity contribution in [3.8, 4) is 6.07 Å². The average Bonchev–Trinajstić information content (AvgIpc) is 2.02. The minimum Gasteiger partial charge on any atom is -0.324 e. The molecule has 0 aliphatic carbocycles. The highest BCUT2D eigenvalue weighted by Crippen LogP contribution is 2.30. The van der Waals surface area contributed by atoms with Crippen molar-refractivity contribution in [1.82, 2.24) is 0 Å². The molecule has 0 heterocycles. The summed E-state index contributed by atoms with van der Waals surface area (Å²) in [5, 5.41) is 9.50. The second-order valence-electron chi connectivity index (χ2n) is 2.75. The molecule has 0 aliphatic heterocycles. The van der Waals surface area contributed by atoms with Gasteiger partial charge >= 0.3 is 0 Å². The van der Waals surface area contributed by atoms with E-state index in [9.17, 15) is 0 Å². The van der Waals surface area contributed by atoms with E-state index in [0.717, 1.165) is 0 Å². The predicted octanol–water partition coefficient (Wildman–Crippen LogP) is 2.88. The highest BCUT2D eigenvalue weighted by Gasteiger charge is 2.11. The average molecular weight is 215 g/mol. The van der Waals surface area contributed by atoms with Crippen LogP contribution in [0.4, 0.5) is 0 Å². The molecule has 1 aromatic rings. The van der Waals surface area contributed by atoms with Crippen LogP contribution in [-0.4, -0.2) is 0 Å². The molecule has 1 rings (SSSR count). The summed E-state index contributed by atoms with van der Waals surface area (Å²) in [6.07, 6.45) is 0. The summed E-state index contributed by atoms with van der Waals surface area (Å²) in [4.78, 5) is 0. The van der Waals surface area contributed by atoms with Crippen LogP contribution in [0.3, 0.4) is 0 Å². The van der Waals surface area contributed by atoms with E-state index in [-0.39, 0.29) is 6.04 Å². The number of rotatable bonds is 1. The molecule has 1 unspecified atom stereocenters. The molecule has 68 valence electrons. The van der Waals surface area contributed by atoms with Crippen molar-refractivity contribution in [3.05, 3.63) is 33.3 Å². The standard InChI is InChI=1S/C9H8Cl2N2/c1-5(13)9-7(10)2-6(4-12)3-8(9)11/h2-3,5H,13H2,1H3. The quantitative estimate of drug-likeness (QED) is 0.782. The van der Waals surface area contributed by atoms with Crippen LogP contribution in [0.2, 0.25) is 10.0 Å². The van der Waals surface area contributed by atoms with Crippen molar-refractivity contribution in [3.63, 3.8) is 0 Å². The maximum atomic E-state index is 8.62. The Morgan fingerprint density at radius 2 is 1.85 bits per heavy atom. The largest absolute Gasteiger partial charge is 0.324 e. The van der Waals surface area contributed by atoms with E-state index in [1.807, 2.05) is 6.07 Å². The second kappa shape index (κ2) is 3.97. The zero-order chi connectivity index (χ0) is 10.0. The van der Waals surface area contributed by atoms with Gasteiger partial charge in [0.15, 0.2) is 0 Å². The van der Waals surface area contributed by atoms with Gasteiger partial charge in [-0.3, -0.25) is 0 Å². The Kier molecular flexibility index (Phi) is 3.16. The van der Waals surface area contributed by atoms with Gasteiger partial charge in [0, 0.05) is 21.7 Å². The van der Waals surface area contributed by atoms with Crippen LogP contribution in [0.25, 0.3) is 0 Å². The number of hydrogen-bond donors (Lipinski definition) is 1. The van der Waals surface area contributed by atoms with Gasteiger partial charge in [-0.2, -0.15) is 5.26 Å². The zero-order valence-electron chi connectivity index (χ0n) is 7.01. The Morgan fingerprint density at radius 1 is 1.38 bits per heavy atom. The molecule has 0 amide bonds. The third kappa shape index (κ3) is 2.13. The molecule has 0 radical (unpaired) electrons. The van der Waals surface area contributed by atoms with E-state index in [2.05, 4.69) is 0 Å². The summed E-state index contributed by atoms with van der Waals surface area (Å²) in [5.74, 6) is 0. The van der Waals surface area contributed by atoms with Gasteiger partial charge in [0.05, 0.1) is 11.6 Å². The molecule has 0 saturated heterocycles. The van der Waals surface area contributed by atoms with Crippen LogP contribution < -0.4 is 5.73 Å². The van der Waals surface area contributed by atoms with Crippen molar-refractivity contribution in [2.24, 2.45) is 5.73 Å². The Balaban J connectivity index is 3.33. The molecule has 2 N–H and O–H groups in total. The minimum absolute atomic E-state index is 0.229. The fourth-order valence-corrected chi connectivity index (χ4v) is 1.92. The fraction of sp³-hybridized carbons (Fsp3) is 0.222. The topological polar surface area (TPSA) is 49.8 Å². The predicted molar refractivity (Wildman–Crippen MR) is 53.8 cm³/mol. The van der Waals surface area contributed by atoms with E-state index in [0.29, 0.717) is 21.2 Å². The number of hydrogen-bond acceptors (Lipinski definition) is 2. The van der Waals surface area contributed by atoms with Crippen LogP contribution in [0.5, 0.6) is 0 Å². The Labute approximate surface area is 86.9 Å². The van der Waals surface area contributed by atoms with Gasteiger partial charge in [-0.05, 0) is 19.1 Å². The third-order valence-electron chi connectivity index (χ3n) is 1.66. The molecule has 0 saturated carbocycles. The highest BCUT2D eigenvalue weighted by atomic mass is 35.5. The summed E-state index contributed by atoms with van der Waals surface area (Å²) in [7, 11) is 0. The van der Waals surface area contributed by atoms with Crippen LogP contribution in [0.1, 0.15) is 24.1 Å². The van der Waals surface area contributed by atoms with Gasteiger partial charge in [0.1, 0.15) is 0 Å². The van der Waals surface area contributed by atoms with Gasteiger partial charge in [-0.15, -0.1) is 0 Å². The van der Waals surface area contributed by atoms with E-state index in [1.54, 1.807) is 19.1 Å². The van der Waals surface area contributed by atoms with Crippen molar-refractivity contribution in [2.45, 2.75) is 13.0 Å². The van der Waals surface area contributed by atoms with Crippen LogP contribution in [0, 0.1) is 11.3 Å². The Hall–Kier alpha value is -0.750. The fourth-order valence-electron chi connectivity index (χ4n) is 1.08. The lowest BCUT2D eigenvalue weighted by Crippen LogP contribution is -2.06. The lowest BCUT2D eigenvalue weighted by Gasteiger charge is -2.10. The summed E-state index contributed by atoms with van der Waals surface area (Å²) in [6.45, 7) is 1.79. The first-order valence-electron chi connectivity index (χ1n) is 3.71. The zero-order valence-corrected chi connectivity index (χ0v) is 8.52. The normalized spacial score (nSPS) is 12.2. The molecular weight excluding hydrogens is 207 g/mol. The van der Waals surface area contributed by atoms with Gasteiger partial charge in [0.2, 0.25) is 0 Å². The van der Waals surface area contributed by atoms with E-state index < -0.39 is 0 Å². The van der Waals surface area contributed by atoms with E-state index >= 15 is 0 Å². The molecule has 13 heavy (non-hydrogen) atoms. The molecule has 0 fully saturated rings. The molecule has 1 atom stereocenters. The van der Waals surface area contributed by atoms with E-state index in [4.69, 9.17) is 34.2 Å². The Bertz CT molecular complexity index is 343. The van der Waals surface area contributed by atoms with E-state index in [1.165, 1.54) is 0 Å². The smallest absolute Gasteiger partial charge is 0.0992 e. The first-order valence-corrected chi connectivity index (χ1v) is 4.46. The molecule has 2 nitrogen and oxygen atoms in total. The summed E-state index contributed by atoms with van der Waals surface area (Å²) >= 11 is 11.8.